The molecular weight excluding hydrogens is 232 g/mol. The van der Waals surface area contributed by atoms with E-state index in [2.05, 4.69) is 60.4 Å². The molecule has 2 aromatic heterocycles. The van der Waals surface area contributed by atoms with E-state index in [9.17, 15) is 0 Å². The van der Waals surface area contributed by atoms with E-state index in [1.54, 1.807) is 22.7 Å². The molecule has 2 heterocycles. The fourth-order valence-electron chi connectivity index (χ4n) is 1.18. The van der Waals surface area contributed by atoms with Gasteiger partial charge in [-0.25, -0.2) is 0 Å². The second-order valence-electron chi connectivity index (χ2n) is 3.37. The Bertz CT molecular complexity index is 550. The van der Waals surface area contributed by atoms with Gasteiger partial charge in [0.2, 0.25) is 0 Å². The number of aryl methyl sites for hydroxylation is 2. The van der Waals surface area contributed by atoms with E-state index in [0.29, 0.717) is 0 Å². The minimum atomic E-state index is 1.11. The highest BCUT2D eigenvalue weighted by molar-refractivity contribution is 7.11. The Morgan fingerprint density at radius 1 is 0.812 bits per heavy atom. The Balaban J connectivity index is 2.15. The van der Waals surface area contributed by atoms with Gasteiger partial charge in [-0.3, -0.25) is 0 Å². The standard InChI is InChI=1S/C14H10S2/c1-11-7-9-15-13(11)5-3-4-6-14-12(2)8-10-16-14/h7-10H,1-2H3. The third kappa shape index (κ3) is 2.55. The number of thiophene rings is 2. The zero-order valence-electron chi connectivity index (χ0n) is 9.13. The molecule has 2 heteroatoms. The van der Waals surface area contributed by atoms with Crippen LogP contribution in [0.4, 0.5) is 0 Å². The Kier molecular flexibility index (Phi) is 3.47. The lowest BCUT2D eigenvalue weighted by Crippen LogP contribution is -1.70. The summed E-state index contributed by atoms with van der Waals surface area (Å²) in [5.41, 5.74) is 2.46. The predicted molar refractivity (Wildman–Crippen MR) is 71.9 cm³/mol. The molecular formula is C14H10S2. The van der Waals surface area contributed by atoms with E-state index >= 15 is 0 Å². The molecule has 0 bridgehead atoms. The van der Waals surface area contributed by atoms with E-state index in [1.165, 1.54) is 11.1 Å². The van der Waals surface area contributed by atoms with Gasteiger partial charge in [-0.05, 0) is 71.5 Å². The van der Waals surface area contributed by atoms with Crippen LogP contribution in [0.2, 0.25) is 0 Å². The van der Waals surface area contributed by atoms with E-state index in [1.807, 2.05) is 0 Å². The van der Waals surface area contributed by atoms with Crippen molar-refractivity contribution in [1.29, 1.82) is 0 Å². The van der Waals surface area contributed by atoms with Gasteiger partial charge in [-0.1, -0.05) is 0 Å². The molecule has 2 rings (SSSR count). The van der Waals surface area contributed by atoms with Crippen LogP contribution in [0.15, 0.2) is 22.9 Å². The topological polar surface area (TPSA) is 0 Å². The Morgan fingerprint density at radius 2 is 1.25 bits per heavy atom. The van der Waals surface area contributed by atoms with Gasteiger partial charge < -0.3 is 0 Å². The second-order valence-corrected chi connectivity index (χ2v) is 5.20. The van der Waals surface area contributed by atoms with E-state index in [4.69, 9.17) is 0 Å². The molecule has 0 amide bonds. The fourth-order valence-corrected chi connectivity index (χ4v) is 2.72. The molecule has 0 saturated carbocycles. The van der Waals surface area contributed by atoms with E-state index in [0.717, 1.165) is 9.75 Å². The molecule has 0 nitrogen and oxygen atoms in total. The first kappa shape index (κ1) is 11.0. The van der Waals surface area contributed by atoms with Crippen LogP contribution in [0.3, 0.4) is 0 Å². The van der Waals surface area contributed by atoms with Crippen LogP contribution in [0.1, 0.15) is 20.9 Å². The van der Waals surface area contributed by atoms with Gasteiger partial charge in [0.05, 0.1) is 9.75 Å². The molecule has 0 radical (unpaired) electrons. The van der Waals surface area contributed by atoms with Gasteiger partial charge in [0, 0.05) is 0 Å². The average Bonchev–Trinajstić information content (AvgIpc) is 2.84. The molecule has 0 saturated heterocycles. The quantitative estimate of drug-likeness (QED) is 0.616. The fraction of sp³-hybridized carbons (Fsp3) is 0.143. The van der Waals surface area contributed by atoms with Gasteiger partial charge in [-0.2, -0.15) is 0 Å². The summed E-state index contributed by atoms with van der Waals surface area (Å²) in [7, 11) is 0. The molecule has 16 heavy (non-hydrogen) atoms. The van der Waals surface area contributed by atoms with Crippen LogP contribution in [-0.4, -0.2) is 0 Å². The van der Waals surface area contributed by atoms with Gasteiger partial charge >= 0.3 is 0 Å². The lowest BCUT2D eigenvalue weighted by molar-refractivity contribution is 1.53. The summed E-state index contributed by atoms with van der Waals surface area (Å²) in [5, 5.41) is 4.10. The van der Waals surface area contributed by atoms with Crippen molar-refractivity contribution in [3.63, 3.8) is 0 Å². The van der Waals surface area contributed by atoms with Crippen LogP contribution in [0.5, 0.6) is 0 Å². The maximum absolute atomic E-state index is 3.07. The molecule has 0 aliphatic rings. The smallest absolute Gasteiger partial charge is 0.0807 e. The van der Waals surface area contributed by atoms with Crippen LogP contribution in [0, 0.1) is 37.5 Å². The first-order valence-corrected chi connectivity index (χ1v) is 6.63. The Labute approximate surface area is 104 Å². The Morgan fingerprint density at radius 3 is 1.56 bits per heavy atom. The van der Waals surface area contributed by atoms with Crippen molar-refractivity contribution in [2.75, 3.05) is 0 Å². The lowest BCUT2D eigenvalue weighted by atomic mass is 10.3. The summed E-state index contributed by atoms with van der Waals surface area (Å²) in [4.78, 5) is 2.22. The minimum absolute atomic E-state index is 1.11. The van der Waals surface area contributed by atoms with Gasteiger partial charge in [0.15, 0.2) is 0 Å². The van der Waals surface area contributed by atoms with E-state index < -0.39 is 0 Å². The highest BCUT2D eigenvalue weighted by Gasteiger charge is 1.93. The summed E-state index contributed by atoms with van der Waals surface area (Å²) >= 11 is 3.32. The zero-order chi connectivity index (χ0) is 11.4. The first-order valence-electron chi connectivity index (χ1n) is 4.87. The Hall–Kier alpha value is -1.48. The molecule has 2 aromatic rings. The number of rotatable bonds is 0. The van der Waals surface area contributed by atoms with Gasteiger partial charge in [0.25, 0.3) is 0 Å². The van der Waals surface area contributed by atoms with Crippen molar-refractivity contribution in [1.82, 2.24) is 0 Å². The third-order valence-electron chi connectivity index (χ3n) is 2.14. The molecule has 0 atom stereocenters. The highest BCUT2D eigenvalue weighted by atomic mass is 32.1. The monoisotopic (exact) mass is 242 g/mol. The predicted octanol–water partition coefficient (Wildman–Crippen LogP) is 3.83. The van der Waals surface area contributed by atoms with Crippen LogP contribution in [0.25, 0.3) is 0 Å². The summed E-state index contributed by atoms with van der Waals surface area (Å²) in [6, 6.07) is 4.15. The second kappa shape index (κ2) is 5.03. The van der Waals surface area contributed by atoms with Crippen molar-refractivity contribution >= 4 is 22.7 Å². The van der Waals surface area contributed by atoms with Gasteiger partial charge in [-0.15, -0.1) is 22.7 Å². The van der Waals surface area contributed by atoms with Crippen molar-refractivity contribution < 1.29 is 0 Å². The third-order valence-corrected chi connectivity index (χ3v) is 4.00. The van der Waals surface area contributed by atoms with Crippen molar-refractivity contribution in [2.24, 2.45) is 0 Å². The summed E-state index contributed by atoms with van der Waals surface area (Å²) < 4.78 is 0. The SMILES string of the molecule is Cc1ccsc1C#CC#Cc1sccc1C. The molecule has 0 N–H and O–H groups in total. The minimum Gasteiger partial charge on any atom is -0.135 e. The lowest BCUT2D eigenvalue weighted by Gasteiger charge is -1.82. The van der Waals surface area contributed by atoms with Crippen molar-refractivity contribution in [3.8, 4) is 23.7 Å². The van der Waals surface area contributed by atoms with Crippen molar-refractivity contribution in [2.45, 2.75) is 13.8 Å². The van der Waals surface area contributed by atoms with Crippen LogP contribution >= 0.6 is 22.7 Å². The van der Waals surface area contributed by atoms with Crippen LogP contribution in [-0.2, 0) is 0 Å². The normalized spacial score (nSPS) is 8.88. The number of hydrogen-bond acceptors (Lipinski definition) is 2. The van der Waals surface area contributed by atoms with Crippen LogP contribution < -0.4 is 0 Å². The average molecular weight is 242 g/mol. The van der Waals surface area contributed by atoms with Gasteiger partial charge in [0.1, 0.15) is 0 Å². The maximum Gasteiger partial charge on any atom is 0.0807 e. The molecule has 0 unspecified atom stereocenters. The number of hydrogen-bond donors (Lipinski definition) is 0. The molecule has 0 aliphatic carbocycles. The largest absolute Gasteiger partial charge is 0.135 e. The summed E-state index contributed by atoms with van der Waals surface area (Å²) in [6.07, 6.45) is 0. The zero-order valence-corrected chi connectivity index (χ0v) is 10.8. The van der Waals surface area contributed by atoms with E-state index in [-0.39, 0.29) is 0 Å². The molecule has 78 valence electrons. The molecule has 0 aromatic carbocycles. The summed E-state index contributed by atoms with van der Waals surface area (Å²) in [5.74, 6) is 11.9. The summed E-state index contributed by atoms with van der Waals surface area (Å²) in [6.45, 7) is 4.13. The van der Waals surface area contributed by atoms with Crippen molar-refractivity contribution in [3.05, 3.63) is 43.8 Å². The molecule has 0 aliphatic heterocycles. The highest BCUT2D eigenvalue weighted by Crippen LogP contribution is 2.14. The first-order chi connectivity index (χ1) is 7.77. The maximum atomic E-state index is 3.07. The molecule has 0 spiro atoms. The molecule has 0 fully saturated rings.